The maximum Gasteiger partial charge on any atom is 0.319 e. The number of ether oxygens (including phenoxy) is 1. The molecule has 0 fully saturated rings. The number of carbonyl (C=O) groups is 1. The van der Waals surface area contributed by atoms with Gasteiger partial charge in [0.2, 0.25) is 0 Å². The molecule has 0 aliphatic rings. The van der Waals surface area contributed by atoms with Crippen molar-refractivity contribution < 1.29 is 9.53 Å². The molecule has 1 aromatic heterocycles. The third kappa shape index (κ3) is 4.38. The zero-order valence-corrected chi connectivity index (χ0v) is 11.4. The van der Waals surface area contributed by atoms with E-state index >= 15 is 0 Å². The second kappa shape index (κ2) is 7.72. The molecule has 0 radical (unpaired) electrons. The Bertz CT molecular complexity index is 443. The molecule has 0 aliphatic heterocycles. The summed E-state index contributed by atoms with van der Waals surface area (Å²) in [6, 6.07) is 5.39. The van der Waals surface area contributed by atoms with Gasteiger partial charge in [0.1, 0.15) is 5.25 Å². The van der Waals surface area contributed by atoms with Crippen molar-refractivity contribution in [3.8, 4) is 6.07 Å². The number of hydrogen-bond donors (Lipinski definition) is 0. The maximum atomic E-state index is 11.6. The van der Waals surface area contributed by atoms with Crippen LogP contribution in [0.5, 0.6) is 0 Å². The number of aromatic nitrogens is 1. The number of esters is 1. The zero-order valence-electron chi connectivity index (χ0n) is 10.5. The minimum atomic E-state index is -0.253. The van der Waals surface area contributed by atoms with Crippen LogP contribution in [0.15, 0.2) is 23.4 Å². The second-order valence-electron chi connectivity index (χ2n) is 3.77. The largest absolute Gasteiger partial charge is 0.468 e. The number of hydrogen-bond acceptors (Lipinski definition) is 5. The molecule has 0 aliphatic carbocycles. The Morgan fingerprint density at radius 1 is 1.67 bits per heavy atom. The lowest BCUT2D eigenvalue weighted by molar-refractivity contribution is -0.140. The molecule has 5 heteroatoms. The lowest BCUT2D eigenvalue weighted by atomic mass is 10.2. The molecule has 0 saturated carbocycles. The molecule has 0 spiro atoms. The van der Waals surface area contributed by atoms with E-state index in [-0.39, 0.29) is 11.2 Å². The van der Waals surface area contributed by atoms with Gasteiger partial charge in [-0.1, -0.05) is 31.5 Å². The van der Waals surface area contributed by atoms with Gasteiger partial charge in [0, 0.05) is 6.20 Å². The van der Waals surface area contributed by atoms with Crippen LogP contribution in [0.2, 0.25) is 0 Å². The van der Waals surface area contributed by atoms with E-state index in [1.54, 1.807) is 18.3 Å². The minimum Gasteiger partial charge on any atom is -0.468 e. The number of nitriles is 1. The molecule has 0 N–H and O–H groups in total. The Balaban J connectivity index is 2.75. The Morgan fingerprint density at radius 2 is 2.44 bits per heavy atom. The van der Waals surface area contributed by atoms with Crippen LogP contribution in [0, 0.1) is 11.3 Å². The van der Waals surface area contributed by atoms with Crippen molar-refractivity contribution in [2.75, 3.05) is 7.11 Å². The van der Waals surface area contributed by atoms with Gasteiger partial charge < -0.3 is 4.74 Å². The quantitative estimate of drug-likeness (QED) is 0.584. The van der Waals surface area contributed by atoms with E-state index in [9.17, 15) is 4.79 Å². The summed E-state index contributed by atoms with van der Waals surface area (Å²) in [6.45, 7) is 2.08. The van der Waals surface area contributed by atoms with E-state index in [4.69, 9.17) is 10.00 Å². The van der Waals surface area contributed by atoms with Gasteiger partial charge in [-0.15, -0.1) is 0 Å². The molecule has 96 valence electrons. The number of unbranched alkanes of at least 4 members (excludes halogenated alkanes) is 1. The van der Waals surface area contributed by atoms with Gasteiger partial charge in [0.25, 0.3) is 0 Å². The minimum absolute atomic E-state index is 0.238. The smallest absolute Gasteiger partial charge is 0.319 e. The van der Waals surface area contributed by atoms with Crippen molar-refractivity contribution >= 4 is 17.7 Å². The maximum absolute atomic E-state index is 11.6. The first-order valence-corrected chi connectivity index (χ1v) is 6.69. The van der Waals surface area contributed by atoms with Crippen molar-refractivity contribution in [2.24, 2.45) is 0 Å². The van der Waals surface area contributed by atoms with Crippen LogP contribution in [0.3, 0.4) is 0 Å². The summed E-state index contributed by atoms with van der Waals surface area (Å²) in [5.41, 5.74) is 0.548. The van der Waals surface area contributed by atoms with Gasteiger partial charge in [-0.2, -0.15) is 5.26 Å². The van der Waals surface area contributed by atoms with E-state index in [0.717, 1.165) is 19.3 Å². The number of methoxy groups -OCH3 is 1. The molecule has 1 heterocycles. The van der Waals surface area contributed by atoms with Gasteiger partial charge in [-0.05, 0) is 18.6 Å². The molecule has 1 aromatic rings. The normalized spacial score (nSPS) is 11.6. The highest BCUT2D eigenvalue weighted by molar-refractivity contribution is 8.00. The Labute approximate surface area is 111 Å². The van der Waals surface area contributed by atoms with E-state index in [1.165, 1.54) is 18.9 Å². The Hall–Kier alpha value is -1.54. The van der Waals surface area contributed by atoms with Crippen molar-refractivity contribution in [3.05, 3.63) is 23.9 Å². The molecule has 0 bridgehead atoms. The molecule has 0 aromatic carbocycles. The van der Waals surface area contributed by atoms with Crippen LogP contribution in [0.25, 0.3) is 0 Å². The van der Waals surface area contributed by atoms with E-state index in [0.29, 0.717) is 10.6 Å². The van der Waals surface area contributed by atoms with Crippen LogP contribution >= 0.6 is 11.8 Å². The fourth-order valence-electron chi connectivity index (χ4n) is 1.44. The van der Waals surface area contributed by atoms with Crippen molar-refractivity contribution in [2.45, 2.75) is 36.5 Å². The average Bonchev–Trinajstić information content (AvgIpc) is 2.42. The first-order valence-electron chi connectivity index (χ1n) is 5.82. The molecule has 0 saturated heterocycles. The summed E-state index contributed by atoms with van der Waals surface area (Å²) in [7, 11) is 1.39. The lowest BCUT2D eigenvalue weighted by Gasteiger charge is -2.13. The summed E-state index contributed by atoms with van der Waals surface area (Å²) in [4.78, 5) is 15.8. The van der Waals surface area contributed by atoms with Crippen LogP contribution in [-0.2, 0) is 9.53 Å². The van der Waals surface area contributed by atoms with Crippen molar-refractivity contribution in [1.82, 2.24) is 4.98 Å². The van der Waals surface area contributed by atoms with Crippen LogP contribution in [-0.4, -0.2) is 23.3 Å². The summed E-state index contributed by atoms with van der Waals surface area (Å²) < 4.78 is 4.79. The first kappa shape index (κ1) is 14.5. The van der Waals surface area contributed by atoms with E-state index in [1.807, 2.05) is 0 Å². The summed E-state index contributed by atoms with van der Waals surface area (Å²) in [5, 5.41) is 9.24. The highest BCUT2D eigenvalue weighted by Crippen LogP contribution is 2.26. The number of carbonyl (C=O) groups excluding carboxylic acids is 1. The molecule has 1 atom stereocenters. The number of nitrogens with zero attached hydrogens (tertiary/aromatic N) is 2. The summed E-state index contributed by atoms with van der Waals surface area (Å²) in [6.07, 6.45) is 4.33. The van der Waals surface area contributed by atoms with Gasteiger partial charge in [-0.3, -0.25) is 4.79 Å². The lowest BCUT2D eigenvalue weighted by Crippen LogP contribution is -2.18. The number of rotatable bonds is 6. The fourth-order valence-corrected chi connectivity index (χ4v) is 2.52. The highest BCUT2D eigenvalue weighted by atomic mass is 32.2. The number of pyridine rings is 1. The molecule has 0 amide bonds. The fraction of sp³-hybridized carbons (Fsp3) is 0.462. The number of thioether (sulfide) groups is 1. The van der Waals surface area contributed by atoms with Gasteiger partial charge in [0.15, 0.2) is 0 Å². The van der Waals surface area contributed by atoms with E-state index < -0.39 is 0 Å². The average molecular weight is 264 g/mol. The molecule has 4 nitrogen and oxygen atoms in total. The molecule has 1 unspecified atom stereocenters. The highest BCUT2D eigenvalue weighted by Gasteiger charge is 2.20. The summed E-state index contributed by atoms with van der Waals surface area (Å²) >= 11 is 1.35. The van der Waals surface area contributed by atoms with E-state index in [2.05, 4.69) is 18.0 Å². The third-order valence-electron chi connectivity index (χ3n) is 2.41. The van der Waals surface area contributed by atoms with Crippen molar-refractivity contribution in [1.29, 1.82) is 5.26 Å². The molecular formula is C13H16N2O2S. The van der Waals surface area contributed by atoms with Gasteiger partial charge in [0.05, 0.1) is 23.8 Å². The Morgan fingerprint density at radius 3 is 3.06 bits per heavy atom. The predicted octanol–water partition coefficient (Wildman–Crippen LogP) is 2.78. The first-order chi connectivity index (χ1) is 8.71. The zero-order chi connectivity index (χ0) is 13.4. The van der Waals surface area contributed by atoms with Crippen LogP contribution < -0.4 is 0 Å². The van der Waals surface area contributed by atoms with Crippen LogP contribution in [0.1, 0.15) is 31.7 Å². The van der Waals surface area contributed by atoms with Gasteiger partial charge in [-0.25, -0.2) is 4.98 Å². The monoisotopic (exact) mass is 264 g/mol. The second-order valence-corrected chi connectivity index (χ2v) is 4.99. The Kier molecular flexibility index (Phi) is 6.23. The topological polar surface area (TPSA) is 63.0 Å². The van der Waals surface area contributed by atoms with Crippen LogP contribution in [0.4, 0.5) is 0 Å². The molecule has 18 heavy (non-hydrogen) atoms. The molecular weight excluding hydrogens is 248 g/mol. The third-order valence-corrected chi connectivity index (χ3v) is 3.59. The summed E-state index contributed by atoms with van der Waals surface area (Å²) in [5.74, 6) is -0.238. The standard InChI is InChI=1S/C13H16N2O2S/c1-3-4-5-11(13(16)17-2)18-12-8-10(9-14)6-7-15-12/h6-8,11H,3-5H2,1-2H3. The van der Waals surface area contributed by atoms with Crippen molar-refractivity contribution in [3.63, 3.8) is 0 Å². The molecule has 1 rings (SSSR count). The van der Waals surface area contributed by atoms with Gasteiger partial charge >= 0.3 is 5.97 Å². The predicted molar refractivity (Wildman–Crippen MR) is 70.1 cm³/mol. The SMILES string of the molecule is CCCCC(Sc1cc(C#N)ccn1)C(=O)OC.